The smallest absolute Gasteiger partial charge is 0.326 e. The van der Waals surface area contributed by atoms with Crippen LogP contribution in [0.15, 0.2) is 19.9 Å². The number of carbonyl (C=O) groups is 3. The second-order valence-corrected chi connectivity index (χ2v) is 8.03. The SMILES string of the molecule is COc1cc(/C=C2\SC(=O)N(CC(=O)OC(C)C)C2=O)c(Br)c(Br)c1O. The number of carbonyl (C=O) groups excluding carboxylic acids is 3. The number of phenolic OH excluding ortho intramolecular Hbond substituents is 1. The number of halogens is 2. The van der Waals surface area contributed by atoms with E-state index in [0.717, 1.165) is 16.7 Å². The van der Waals surface area contributed by atoms with Gasteiger partial charge in [-0.15, -0.1) is 0 Å². The molecule has 1 aromatic rings. The average molecular weight is 509 g/mol. The van der Waals surface area contributed by atoms with Gasteiger partial charge in [0.1, 0.15) is 6.54 Å². The standard InChI is InChI=1S/C16H15Br2NO6S/c1-7(2)25-11(20)6-19-15(22)10(26-16(19)23)5-8-4-9(24-3)14(21)13(18)12(8)17/h4-5,7,21H,6H2,1-3H3/b10-5-. The molecule has 0 unspecified atom stereocenters. The second kappa shape index (κ2) is 8.45. The maximum absolute atomic E-state index is 12.5. The molecular weight excluding hydrogens is 494 g/mol. The van der Waals surface area contributed by atoms with Crippen LogP contribution in [0.4, 0.5) is 4.79 Å². The van der Waals surface area contributed by atoms with Crippen molar-refractivity contribution in [3.63, 3.8) is 0 Å². The molecule has 1 aliphatic heterocycles. The molecule has 26 heavy (non-hydrogen) atoms. The van der Waals surface area contributed by atoms with E-state index >= 15 is 0 Å². The maximum Gasteiger partial charge on any atom is 0.326 e. The van der Waals surface area contributed by atoms with Crippen molar-refractivity contribution in [2.45, 2.75) is 20.0 Å². The van der Waals surface area contributed by atoms with Crippen LogP contribution < -0.4 is 4.74 Å². The maximum atomic E-state index is 12.5. The first-order valence-corrected chi connectivity index (χ1v) is 9.75. The molecule has 1 aromatic carbocycles. The number of rotatable bonds is 5. The van der Waals surface area contributed by atoms with E-state index in [4.69, 9.17) is 9.47 Å². The third kappa shape index (κ3) is 4.41. The van der Waals surface area contributed by atoms with Crippen molar-refractivity contribution >= 4 is 66.8 Å². The van der Waals surface area contributed by atoms with Gasteiger partial charge in [0.2, 0.25) is 0 Å². The molecule has 1 fully saturated rings. The zero-order valence-electron chi connectivity index (χ0n) is 14.0. The molecule has 0 saturated carbocycles. The molecule has 0 spiro atoms. The average Bonchev–Trinajstić information content (AvgIpc) is 2.82. The fourth-order valence-electron chi connectivity index (χ4n) is 2.08. The van der Waals surface area contributed by atoms with Crippen LogP contribution in [-0.2, 0) is 14.3 Å². The molecule has 1 aliphatic rings. The number of benzene rings is 1. The van der Waals surface area contributed by atoms with Crippen molar-refractivity contribution in [1.29, 1.82) is 0 Å². The summed E-state index contributed by atoms with van der Waals surface area (Å²) in [5.74, 6) is -1.14. The molecule has 0 aliphatic carbocycles. The molecule has 10 heteroatoms. The van der Waals surface area contributed by atoms with Gasteiger partial charge in [-0.3, -0.25) is 19.3 Å². The number of phenols is 1. The van der Waals surface area contributed by atoms with E-state index in [9.17, 15) is 19.5 Å². The van der Waals surface area contributed by atoms with Crippen LogP contribution >= 0.6 is 43.6 Å². The summed E-state index contributed by atoms with van der Waals surface area (Å²) in [6, 6.07) is 1.52. The Balaban J connectivity index is 2.31. The van der Waals surface area contributed by atoms with Crippen LogP contribution in [0.2, 0.25) is 0 Å². The Kier molecular flexibility index (Phi) is 6.75. The van der Waals surface area contributed by atoms with Crippen molar-refractivity contribution in [3.05, 3.63) is 25.5 Å². The Morgan fingerprint density at radius 2 is 2.00 bits per heavy atom. The van der Waals surface area contributed by atoms with Crippen molar-refractivity contribution in [2.75, 3.05) is 13.7 Å². The van der Waals surface area contributed by atoms with E-state index in [0.29, 0.717) is 14.5 Å². The van der Waals surface area contributed by atoms with Gasteiger partial charge < -0.3 is 14.6 Å². The quantitative estimate of drug-likeness (QED) is 0.476. The summed E-state index contributed by atoms with van der Waals surface area (Å²) in [4.78, 5) is 37.2. The number of esters is 1. The van der Waals surface area contributed by atoms with Gasteiger partial charge in [-0.1, -0.05) is 0 Å². The normalized spacial score (nSPS) is 15.9. The van der Waals surface area contributed by atoms with Crippen LogP contribution in [0.25, 0.3) is 6.08 Å². The van der Waals surface area contributed by atoms with Crippen molar-refractivity contribution < 1.29 is 29.0 Å². The number of ether oxygens (including phenoxy) is 2. The number of hydrogen-bond donors (Lipinski definition) is 1. The Labute approximate surface area is 171 Å². The summed E-state index contributed by atoms with van der Waals surface area (Å²) >= 11 is 7.27. The molecule has 0 aromatic heterocycles. The molecular formula is C16H15Br2NO6S. The van der Waals surface area contributed by atoms with Gasteiger partial charge in [0.15, 0.2) is 11.5 Å². The summed E-state index contributed by atoms with van der Waals surface area (Å²) < 4.78 is 10.9. The van der Waals surface area contributed by atoms with E-state index in [1.807, 2.05) is 0 Å². The predicted molar refractivity (Wildman–Crippen MR) is 104 cm³/mol. The van der Waals surface area contributed by atoms with Crippen LogP contribution in [0.5, 0.6) is 11.5 Å². The molecule has 0 atom stereocenters. The Hall–Kier alpha value is -1.52. The number of imide groups is 1. The van der Waals surface area contributed by atoms with Gasteiger partial charge in [0.05, 0.1) is 22.6 Å². The van der Waals surface area contributed by atoms with Crippen LogP contribution in [0, 0.1) is 0 Å². The first-order valence-electron chi connectivity index (χ1n) is 7.35. The molecule has 2 rings (SSSR count). The molecule has 0 bridgehead atoms. The first-order chi connectivity index (χ1) is 12.1. The minimum atomic E-state index is -0.654. The fraction of sp³-hybridized carbons (Fsp3) is 0.312. The minimum Gasteiger partial charge on any atom is -0.503 e. The Bertz CT molecular complexity index is 808. The molecule has 2 amide bonds. The highest BCUT2D eigenvalue weighted by Crippen LogP contribution is 2.43. The summed E-state index contributed by atoms with van der Waals surface area (Å²) in [5, 5.41) is 9.41. The van der Waals surface area contributed by atoms with Crippen molar-refractivity contribution in [3.8, 4) is 11.5 Å². The van der Waals surface area contributed by atoms with Crippen molar-refractivity contribution in [2.24, 2.45) is 0 Å². The van der Waals surface area contributed by atoms with Crippen LogP contribution in [-0.4, -0.2) is 46.9 Å². The lowest BCUT2D eigenvalue weighted by atomic mass is 10.2. The number of hydrogen-bond acceptors (Lipinski definition) is 7. The number of nitrogens with zero attached hydrogens (tertiary/aromatic N) is 1. The zero-order chi connectivity index (χ0) is 19.6. The topological polar surface area (TPSA) is 93.1 Å². The first kappa shape index (κ1) is 20.8. The zero-order valence-corrected chi connectivity index (χ0v) is 18.0. The lowest BCUT2D eigenvalue weighted by molar-refractivity contribution is -0.149. The van der Waals surface area contributed by atoms with Gasteiger partial charge in [-0.2, -0.15) is 0 Å². The van der Waals surface area contributed by atoms with E-state index in [-0.39, 0.29) is 22.5 Å². The molecule has 1 heterocycles. The second-order valence-electron chi connectivity index (χ2n) is 5.45. The van der Waals surface area contributed by atoms with Gasteiger partial charge in [0, 0.05) is 4.47 Å². The van der Waals surface area contributed by atoms with Gasteiger partial charge in [-0.25, -0.2) is 0 Å². The van der Waals surface area contributed by atoms with E-state index in [1.165, 1.54) is 19.3 Å². The lowest BCUT2D eigenvalue weighted by Gasteiger charge is -2.13. The summed E-state index contributed by atoms with van der Waals surface area (Å²) in [6.45, 7) is 2.92. The van der Waals surface area contributed by atoms with E-state index < -0.39 is 23.7 Å². The third-order valence-electron chi connectivity index (χ3n) is 3.21. The highest BCUT2D eigenvalue weighted by molar-refractivity contribution is 9.13. The number of methoxy groups -OCH3 is 1. The predicted octanol–water partition coefficient (Wildman–Crippen LogP) is 3.91. The van der Waals surface area contributed by atoms with Crippen molar-refractivity contribution in [1.82, 2.24) is 4.90 Å². The molecule has 7 nitrogen and oxygen atoms in total. The molecule has 140 valence electrons. The highest BCUT2D eigenvalue weighted by Gasteiger charge is 2.37. The van der Waals surface area contributed by atoms with Gasteiger partial charge in [0.25, 0.3) is 11.1 Å². The largest absolute Gasteiger partial charge is 0.503 e. The number of aromatic hydroxyl groups is 1. The third-order valence-corrected chi connectivity index (χ3v) is 6.27. The fourth-order valence-corrected chi connectivity index (χ4v) is 3.75. The van der Waals surface area contributed by atoms with E-state index in [2.05, 4.69) is 31.9 Å². The van der Waals surface area contributed by atoms with E-state index in [1.54, 1.807) is 13.8 Å². The van der Waals surface area contributed by atoms with Gasteiger partial charge in [-0.05, 0) is 75.2 Å². The van der Waals surface area contributed by atoms with Gasteiger partial charge >= 0.3 is 5.97 Å². The lowest BCUT2D eigenvalue weighted by Crippen LogP contribution is -2.35. The summed E-state index contributed by atoms with van der Waals surface area (Å²) in [5.41, 5.74) is 0.516. The minimum absolute atomic E-state index is 0.0962. The molecule has 1 N–H and O–H groups in total. The highest BCUT2D eigenvalue weighted by atomic mass is 79.9. The Morgan fingerprint density at radius 1 is 1.35 bits per heavy atom. The summed E-state index contributed by atoms with van der Waals surface area (Å²) in [6.07, 6.45) is 1.14. The molecule has 1 saturated heterocycles. The van der Waals surface area contributed by atoms with Crippen LogP contribution in [0.1, 0.15) is 19.4 Å². The number of amides is 2. The number of thioether (sulfide) groups is 1. The summed E-state index contributed by atoms with van der Waals surface area (Å²) in [7, 11) is 1.40. The van der Waals surface area contributed by atoms with Crippen LogP contribution in [0.3, 0.4) is 0 Å². The molecule has 0 radical (unpaired) electrons. The Morgan fingerprint density at radius 3 is 2.58 bits per heavy atom. The monoisotopic (exact) mass is 507 g/mol.